The summed E-state index contributed by atoms with van der Waals surface area (Å²) < 4.78 is 24.6. The van der Waals surface area contributed by atoms with Crippen LogP contribution in [0.2, 0.25) is 0 Å². The highest BCUT2D eigenvalue weighted by Crippen LogP contribution is 2.11. The van der Waals surface area contributed by atoms with Crippen molar-refractivity contribution in [2.24, 2.45) is 5.73 Å². The Morgan fingerprint density at radius 1 is 1.27 bits per heavy atom. The monoisotopic (exact) mass is 157 g/mol. The van der Waals surface area contributed by atoms with Gasteiger partial charge in [-0.25, -0.2) is 8.78 Å². The van der Waals surface area contributed by atoms with E-state index in [0.717, 1.165) is 0 Å². The zero-order valence-corrected chi connectivity index (χ0v) is 5.98. The average Bonchev–Trinajstić information content (AvgIpc) is 2.04. The quantitative estimate of drug-likeness (QED) is 0.695. The first-order valence-corrected chi connectivity index (χ1v) is 3.31. The van der Waals surface area contributed by atoms with Gasteiger partial charge in [0.25, 0.3) is 0 Å². The van der Waals surface area contributed by atoms with Crippen LogP contribution in [0.5, 0.6) is 0 Å². The zero-order chi connectivity index (χ0) is 8.27. The Morgan fingerprint density at radius 3 is 2.55 bits per heavy atom. The molecule has 0 amide bonds. The van der Waals surface area contributed by atoms with Crippen molar-refractivity contribution < 1.29 is 8.78 Å². The Kier molecular flexibility index (Phi) is 2.54. The van der Waals surface area contributed by atoms with Gasteiger partial charge >= 0.3 is 0 Å². The molecule has 0 spiro atoms. The van der Waals surface area contributed by atoms with Crippen LogP contribution in [0, 0.1) is 5.82 Å². The van der Waals surface area contributed by atoms with Crippen LogP contribution in [-0.4, -0.2) is 0 Å². The van der Waals surface area contributed by atoms with Crippen molar-refractivity contribution in [3.05, 3.63) is 35.1 Å². The van der Waals surface area contributed by atoms with Gasteiger partial charge in [-0.2, -0.15) is 0 Å². The largest absolute Gasteiger partial charge is 0.326 e. The standard InChI is InChI=1S/C8H9F2N/c9-4-6-1-2-8(10)3-7(6)5-11/h1-3H,4-5,11H2. The highest BCUT2D eigenvalue weighted by molar-refractivity contribution is 5.26. The predicted molar refractivity (Wildman–Crippen MR) is 39.1 cm³/mol. The Bertz CT molecular complexity index is 248. The first-order valence-electron chi connectivity index (χ1n) is 3.31. The van der Waals surface area contributed by atoms with E-state index in [1.807, 2.05) is 0 Å². The van der Waals surface area contributed by atoms with Gasteiger partial charge in [-0.1, -0.05) is 6.07 Å². The second kappa shape index (κ2) is 3.44. The number of nitrogens with two attached hydrogens (primary N) is 1. The molecule has 1 rings (SSSR count). The SMILES string of the molecule is NCc1cc(F)ccc1CF. The molecular weight excluding hydrogens is 148 g/mol. The van der Waals surface area contributed by atoms with Gasteiger partial charge in [0.15, 0.2) is 0 Å². The molecule has 0 atom stereocenters. The van der Waals surface area contributed by atoms with Gasteiger partial charge in [0.1, 0.15) is 12.5 Å². The molecule has 60 valence electrons. The average molecular weight is 157 g/mol. The van der Waals surface area contributed by atoms with Gasteiger partial charge in [0.2, 0.25) is 0 Å². The third-order valence-electron chi connectivity index (χ3n) is 1.53. The zero-order valence-electron chi connectivity index (χ0n) is 5.98. The summed E-state index contributed by atoms with van der Waals surface area (Å²) in [6.45, 7) is -0.413. The highest BCUT2D eigenvalue weighted by atomic mass is 19.1. The fourth-order valence-corrected chi connectivity index (χ4v) is 0.915. The van der Waals surface area contributed by atoms with Crippen LogP contribution in [-0.2, 0) is 13.2 Å². The number of hydrogen-bond acceptors (Lipinski definition) is 1. The van der Waals surface area contributed by atoms with E-state index in [1.54, 1.807) is 0 Å². The molecule has 0 unspecified atom stereocenters. The fourth-order valence-electron chi connectivity index (χ4n) is 0.915. The van der Waals surface area contributed by atoms with E-state index < -0.39 is 6.67 Å². The van der Waals surface area contributed by atoms with Gasteiger partial charge in [-0.3, -0.25) is 0 Å². The summed E-state index contributed by atoms with van der Waals surface area (Å²) in [5, 5.41) is 0. The fraction of sp³-hybridized carbons (Fsp3) is 0.250. The van der Waals surface area contributed by atoms with E-state index in [9.17, 15) is 8.78 Å². The molecule has 11 heavy (non-hydrogen) atoms. The molecule has 1 nitrogen and oxygen atoms in total. The van der Waals surface area contributed by atoms with Gasteiger partial charge in [0, 0.05) is 6.54 Å². The molecule has 0 bridgehead atoms. The van der Waals surface area contributed by atoms with Crippen molar-refractivity contribution >= 4 is 0 Å². The summed E-state index contributed by atoms with van der Waals surface area (Å²) >= 11 is 0. The maximum absolute atomic E-state index is 12.5. The molecule has 0 saturated carbocycles. The van der Waals surface area contributed by atoms with Crippen LogP contribution in [0.3, 0.4) is 0 Å². The topological polar surface area (TPSA) is 26.0 Å². The van der Waals surface area contributed by atoms with Gasteiger partial charge in [0.05, 0.1) is 0 Å². The van der Waals surface area contributed by atoms with E-state index in [2.05, 4.69) is 0 Å². The molecule has 0 saturated heterocycles. The molecule has 2 N–H and O–H groups in total. The van der Waals surface area contributed by atoms with E-state index in [0.29, 0.717) is 11.1 Å². The first-order chi connectivity index (χ1) is 5.27. The summed E-state index contributed by atoms with van der Waals surface area (Å²) in [5.41, 5.74) is 6.26. The van der Waals surface area contributed by atoms with Crippen LogP contribution in [0.1, 0.15) is 11.1 Å². The molecule has 1 aromatic carbocycles. The lowest BCUT2D eigenvalue weighted by Crippen LogP contribution is -2.00. The molecule has 0 aromatic heterocycles. The third-order valence-corrected chi connectivity index (χ3v) is 1.53. The van der Waals surface area contributed by atoms with Crippen LogP contribution in [0.4, 0.5) is 8.78 Å². The Labute approximate surface area is 63.8 Å². The lowest BCUT2D eigenvalue weighted by molar-refractivity contribution is 0.481. The molecule has 0 heterocycles. The Morgan fingerprint density at radius 2 is 2.00 bits per heavy atom. The van der Waals surface area contributed by atoms with Crippen molar-refractivity contribution in [3.63, 3.8) is 0 Å². The van der Waals surface area contributed by atoms with E-state index in [1.165, 1.54) is 18.2 Å². The van der Waals surface area contributed by atoms with Crippen LogP contribution in [0.15, 0.2) is 18.2 Å². The maximum Gasteiger partial charge on any atom is 0.123 e. The van der Waals surface area contributed by atoms with Gasteiger partial charge in [-0.05, 0) is 23.3 Å². The van der Waals surface area contributed by atoms with Crippen LogP contribution >= 0.6 is 0 Å². The Balaban J connectivity index is 3.06. The summed E-state index contributed by atoms with van der Waals surface area (Å²) in [5.74, 6) is -0.373. The smallest absolute Gasteiger partial charge is 0.123 e. The van der Waals surface area contributed by atoms with Crippen molar-refractivity contribution in [3.8, 4) is 0 Å². The second-order valence-corrected chi connectivity index (χ2v) is 2.25. The second-order valence-electron chi connectivity index (χ2n) is 2.25. The lowest BCUT2D eigenvalue weighted by Gasteiger charge is -2.02. The van der Waals surface area contributed by atoms with Gasteiger partial charge in [-0.15, -0.1) is 0 Å². The number of alkyl halides is 1. The first kappa shape index (κ1) is 8.14. The Hall–Kier alpha value is -0.960. The molecule has 0 radical (unpaired) electrons. The molecule has 0 aliphatic carbocycles. The summed E-state index contributed by atoms with van der Waals surface area (Å²) in [4.78, 5) is 0. The number of halogens is 2. The molecule has 1 aromatic rings. The van der Waals surface area contributed by atoms with Crippen LogP contribution < -0.4 is 5.73 Å². The van der Waals surface area contributed by atoms with Crippen molar-refractivity contribution in [2.75, 3.05) is 0 Å². The van der Waals surface area contributed by atoms with E-state index >= 15 is 0 Å². The van der Waals surface area contributed by atoms with Crippen molar-refractivity contribution in [1.82, 2.24) is 0 Å². The molecule has 3 heteroatoms. The highest BCUT2D eigenvalue weighted by Gasteiger charge is 2.00. The van der Waals surface area contributed by atoms with Gasteiger partial charge < -0.3 is 5.73 Å². The van der Waals surface area contributed by atoms with E-state index in [-0.39, 0.29) is 12.4 Å². The minimum absolute atomic E-state index is 0.178. The number of rotatable bonds is 2. The maximum atomic E-state index is 12.5. The van der Waals surface area contributed by atoms with Crippen molar-refractivity contribution in [2.45, 2.75) is 13.2 Å². The lowest BCUT2D eigenvalue weighted by atomic mass is 10.1. The summed E-state index contributed by atoms with van der Waals surface area (Å²) in [7, 11) is 0. The summed E-state index contributed by atoms with van der Waals surface area (Å²) in [6, 6.07) is 3.90. The molecule has 0 fully saturated rings. The minimum atomic E-state index is -0.590. The number of benzene rings is 1. The molecular formula is C8H9F2N. The molecule has 0 aliphatic heterocycles. The number of hydrogen-bond donors (Lipinski definition) is 1. The van der Waals surface area contributed by atoms with Crippen LogP contribution in [0.25, 0.3) is 0 Å². The van der Waals surface area contributed by atoms with E-state index in [4.69, 9.17) is 5.73 Å². The van der Waals surface area contributed by atoms with Crippen molar-refractivity contribution in [1.29, 1.82) is 0 Å². The third kappa shape index (κ3) is 1.74. The minimum Gasteiger partial charge on any atom is -0.326 e. The summed E-state index contributed by atoms with van der Waals surface area (Å²) in [6.07, 6.45) is 0. The predicted octanol–water partition coefficient (Wildman–Crippen LogP) is 1.75. The molecule has 0 aliphatic rings. The normalized spacial score (nSPS) is 10.1.